The first-order valence-corrected chi connectivity index (χ1v) is 8.45. The Hall–Kier alpha value is -1.52. The van der Waals surface area contributed by atoms with Crippen molar-refractivity contribution >= 4 is 0 Å². The average molecular weight is 335 g/mol. The Morgan fingerprint density at radius 2 is 1.38 bits per heavy atom. The van der Waals surface area contributed by atoms with Gasteiger partial charge in [0.15, 0.2) is 0 Å². The summed E-state index contributed by atoms with van der Waals surface area (Å²) in [5.41, 5.74) is 13.3. The van der Waals surface area contributed by atoms with Crippen molar-refractivity contribution in [2.45, 2.75) is 67.5 Å². The van der Waals surface area contributed by atoms with Crippen LogP contribution in [0.4, 0.5) is 0 Å². The zero-order valence-electron chi connectivity index (χ0n) is 16.4. The maximum Gasteiger partial charge on any atom is 0.121 e. The molecule has 0 fully saturated rings. The van der Waals surface area contributed by atoms with E-state index in [2.05, 4.69) is 41.5 Å². The number of hydrogen-bond donors (Lipinski definition) is 2. The normalized spacial score (nSPS) is 14.8. The molecule has 2 atom stereocenters. The lowest BCUT2D eigenvalue weighted by atomic mass is 9.86. The van der Waals surface area contributed by atoms with Gasteiger partial charge in [0, 0.05) is 0 Å². The molecule has 2 aromatic heterocycles. The summed E-state index contributed by atoms with van der Waals surface area (Å²) in [6.45, 7) is 16.6. The van der Waals surface area contributed by atoms with E-state index in [4.69, 9.17) is 20.3 Å². The second-order valence-electron chi connectivity index (χ2n) is 8.59. The van der Waals surface area contributed by atoms with E-state index in [0.29, 0.717) is 0 Å². The van der Waals surface area contributed by atoms with E-state index in [1.807, 2.05) is 32.0 Å². The monoisotopic (exact) mass is 334 g/mol. The zero-order valence-corrected chi connectivity index (χ0v) is 16.4. The lowest BCUT2D eigenvalue weighted by Gasteiger charge is -2.24. The first-order valence-electron chi connectivity index (χ1n) is 8.45. The van der Waals surface area contributed by atoms with Crippen LogP contribution < -0.4 is 11.5 Å². The van der Waals surface area contributed by atoms with Crippen LogP contribution in [-0.4, -0.2) is 0 Å². The molecule has 4 nitrogen and oxygen atoms in total. The third-order valence-corrected chi connectivity index (χ3v) is 4.21. The van der Waals surface area contributed by atoms with E-state index in [1.165, 1.54) is 5.56 Å². The minimum atomic E-state index is -0.0279. The molecule has 0 saturated carbocycles. The Bertz CT molecular complexity index is 594. The number of hydrogen-bond acceptors (Lipinski definition) is 4. The van der Waals surface area contributed by atoms with Crippen molar-refractivity contribution in [3.8, 4) is 0 Å². The van der Waals surface area contributed by atoms with Gasteiger partial charge in [0.2, 0.25) is 0 Å². The second-order valence-corrected chi connectivity index (χ2v) is 8.59. The van der Waals surface area contributed by atoms with Crippen LogP contribution in [0.25, 0.3) is 0 Å². The predicted octanol–water partition coefficient (Wildman–Crippen LogP) is 5.27. The topological polar surface area (TPSA) is 78.3 Å². The Morgan fingerprint density at radius 1 is 0.875 bits per heavy atom. The van der Waals surface area contributed by atoms with Crippen molar-refractivity contribution in [3.05, 3.63) is 47.3 Å². The molecule has 0 radical (unpaired) electrons. The van der Waals surface area contributed by atoms with Gasteiger partial charge in [-0.3, -0.25) is 0 Å². The molecule has 0 amide bonds. The van der Waals surface area contributed by atoms with Gasteiger partial charge in [-0.25, -0.2) is 0 Å². The predicted molar refractivity (Wildman–Crippen MR) is 99.7 cm³/mol. The molecule has 0 aliphatic carbocycles. The molecule has 0 saturated heterocycles. The van der Waals surface area contributed by atoms with Gasteiger partial charge < -0.3 is 20.3 Å². The Labute approximate surface area is 146 Å². The van der Waals surface area contributed by atoms with Gasteiger partial charge in [-0.05, 0) is 48.4 Å². The van der Waals surface area contributed by atoms with Crippen LogP contribution in [0.1, 0.15) is 76.5 Å². The summed E-state index contributed by atoms with van der Waals surface area (Å²) in [4.78, 5) is 0. The minimum absolute atomic E-state index is 0.0162. The summed E-state index contributed by atoms with van der Waals surface area (Å²) in [6, 6.07) is 5.76. The lowest BCUT2D eigenvalue weighted by molar-refractivity contribution is 0.282. The minimum Gasteiger partial charge on any atom is -0.468 e. The molecule has 0 unspecified atom stereocenters. The van der Waals surface area contributed by atoms with Crippen molar-refractivity contribution in [3.63, 3.8) is 0 Å². The fraction of sp³-hybridized carbons (Fsp3) is 0.600. The molecule has 0 aliphatic heterocycles. The highest BCUT2D eigenvalue weighted by Crippen LogP contribution is 2.32. The van der Waals surface area contributed by atoms with E-state index in [9.17, 15) is 0 Å². The molecular weight excluding hydrogens is 300 g/mol. The zero-order chi connectivity index (χ0) is 18.7. The van der Waals surface area contributed by atoms with E-state index < -0.39 is 0 Å². The quantitative estimate of drug-likeness (QED) is 0.784. The Morgan fingerprint density at radius 3 is 1.71 bits per heavy atom. The smallest absolute Gasteiger partial charge is 0.121 e. The van der Waals surface area contributed by atoms with Gasteiger partial charge in [0.05, 0.1) is 18.3 Å². The van der Waals surface area contributed by atoms with Crippen LogP contribution in [0.2, 0.25) is 0 Å². The highest BCUT2D eigenvalue weighted by molar-refractivity contribution is 5.21. The molecule has 24 heavy (non-hydrogen) atoms. The molecule has 4 N–H and O–H groups in total. The summed E-state index contributed by atoms with van der Waals surface area (Å²) < 4.78 is 10.8. The summed E-state index contributed by atoms with van der Waals surface area (Å²) in [7, 11) is 0. The molecule has 4 heteroatoms. The average Bonchev–Trinajstić information content (AvgIpc) is 3.07. The molecule has 0 spiro atoms. The first-order chi connectivity index (χ1) is 10.8. The van der Waals surface area contributed by atoms with Crippen LogP contribution in [-0.2, 0) is 0 Å². The highest BCUT2D eigenvalue weighted by atomic mass is 16.3. The summed E-state index contributed by atoms with van der Waals surface area (Å²) in [5.74, 6) is 2.72. The lowest BCUT2D eigenvalue weighted by Crippen LogP contribution is -2.25. The van der Waals surface area contributed by atoms with Crippen molar-refractivity contribution < 1.29 is 8.83 Å². The number of aryl methyl sites for hydroxylation is 2. The summed E-state index contributed by atoms with van der Waals surface area (Å²) in [6.07, 6.45) is 1.65. The largest absolute Gasteiger partial charge is 0.468 e. The SMILES string of the molecule is CC(C)(C)[C@@H](N)c1ccco1.Cc1cc([C@H](N)C(C)(C)C)oc1C. The van der Waals surface area contributed by atoms with E-state index in [1.54, 1.807) is 6.26 Å². The standard InChI is InChI=1S/C11H19NO.C9H15NO/c1-7-6-9(13-8(7)2)10(12)11(3,4)5;1-9(2,3)8(10)7-5-4-6-11-7/h6,10H,12H2,1-5H3;4-6,8H,10H2,1-3H3/t10-;8-/m00/s1. The highest BCUT2D eigenvalue weighted by Gasteiger charge is 2.25. The van der Waals surface area contributed by atoms with Crippen molar-refractivity contribution in [2.75, 3.05) is 0 Å². The fourth-order valence-corrected chi connectivity index (χ4v) is 2.08. The van der Waals surface area contributed by atoms with Gasteiger partial charge in [-0.1, -0.05) is 41.5 Å². The molecule has 0 bridgehead atoms. The van der Waals surface area contributed by atoms with Crippen molar-refractivity contribution in [1.29, 1.82) is 0 Å². The van der Waals surface area contributed by atoms with Crippen LogP contribution >= 0.6 is 0 Å². The molecule has 2 rings (SSSR count). The number of nitrogens with two attached hydrogens (primary N) is 2. The molecule has 136 valence electrons. The van der Waals surface area contributed by atoms with Gasteiger partial charge in [-0.2, -0.15) is 0 Å². The molecule has 2 aromatic rings. The number of rotatable bonds is 2. The molecule has 2 heterocycles. The van der Waals surface area contributed by atoms with Crippen LogP contribution in [0.15, 0.2) is 33.3 Å². The third kappa shape index (κ3) is 5.53. The van der Waals surface area contributed by atoms with Crippen LogP contribution in [0, 0.1) is 24.7 Å². The summed E-state index contributed by atoms with van der Waals surface area (Å²) in [5, 5.41) is 0. The van der Waals surface area contributed by atoms with Gasteiger partial charge in [-0.15, -0.1) is 0 Å². The molecule has 0 aliphatic rings. The maximum absolute atomic E-state index is 6.06. The Balaban J connectivity index is 0.000000243. The molecular formula is C20H34N2O2. The third-order valence-electron chi connectivity index (χ3n) is 4.21. The summed E-state index contributed by atoms with van der Waals surface area (Å²) >= 11 is 0. The van der Waals surface area contributed by atoms with Crippen LogP contribution in [0.3, 0.4) is 0 Å². The van der Waals surface area contributed by atoms with Gasteiger partial charge in [0.1, 0.15) is 17.3 Å². The fourth-order valence-electron chi connectivity index (χ4n) is 2.08. The maximum atomic E-state index is 6.06. The van der Waals surface area contributed by atoms with Gasteiger partial charge >= 0.3 is 0 Å². The van der Waals surface area contributed by atoms with Crippen LogP contribution in [0.5, 0.6) is 0 Å². The second kappa shape index (κ2) is 7.58. The Kier molecular flexibility index (Phi) is 6.48. The van der Waals surface area contributed by atoms with E-state index in [-0.39, 0.29) is 22.9 Å². The molecule has 0 aromatic carbocycles. The van der Waals surface area contributed by atoms with E-state index >= 15 is 0 Å². The number of furan rings is 2. The van der Waals surface area contributed by atoms with Gasteiger partial charge in [0.25, 0.3) is 0 Å². The van der Waals surface area contributed by atoms with E-state index in [0.717, 1.165) is 17.3 Å². The van der Waals surface area contributed by atoms with Crippen molar-refractivity contribution in [2.24, 2.45) is 22.3 Å². The first kappa shape index (κ1) is 20.5. The van der Waals surface area contributed by atoms with Crippen molar-refractivity contribution in [1.82, 2.24) is 0 Å².